The Morgan fingerprint density at radius 1 is 1.29 bits per heavy atom. The highest BCUT2D eigenvalue weighted by Gasteiger charge is 2.17. The summed E-state index contributed by atoms with van der Waals surface area (Å²) in [5.74, 6) is 0.486. The van der Waals surface area contributed by atoms with Gasteiger partial charge in [0.05, 0.1) is 10.6 Å². The molecule has 2 aromatic rings. The molecule has 0 atom stereocenters. The van der Waals surface area contributed by atoms with Crippen LogP contribution in [0.3, 0.4) is 0 Å². The third-order valence-corrected chi connectivity index (χ3v) is 3.35. The highest BCUT2D eigenvalue weighted by atomic mass is 35.5. The Balaban J connectivity index is 2.28. The van der Waals surface area contributed by atoms with Crippen molar-refractivity contribution in [3.63, 3.8) is 0 Å². The van der Waals surface area contributed by atoms with Crippen LogP contribution in [0.25, 0.3) is 0 Å². The Hall–Kier alpha value is -2.07. The second-order valence-electron chi connectivity index (χ2n) is 4.47. The molecule has 0 radical (unpaired) electrons. The summed E-state index contributed by atoms with van der Waals surface area (Å²) in [5.41, 5.74) is 1.34. The summed E-state index contributed by atoms with van der Waals surface area (Å²) in [6.07, 6.45) is 1.55. The summed E-state index contributed by atoms with van der Waals surface area (Å²) in [4.78, 5) is 18.5. The van der Waals surface area contributed by atoms with Crippen molar-refractivity contribution in [3.05, 3.63) is 53.2 Å². The van der Waals surface area contributed by atoms with Crippen molar-refractivity contribution in [1.82, 2.24) is 4.98 Å². The number of anilines is 2. The van der Waals surface area contributed by atoms with Gasteiger partial charge in [0.1, 0.15) is 5.82 Å². The fourth-order valence-electron chi connectivity index (χ4n) is 2.06. The van der Waals surface area contributed by atoms with E-state index in [0.29, 0.717) is 22.9 Å². The molecular weight excluding hydrogens is 286 g/mol. The van der Waals surface area contributed by atoms with Crippen molar-refractivity contribution >= 4 is 29.0 Å². The topological polar surface area (TPSA) is 45.2 Å². The van der Waals surface area contributed by atoms with E-state index in [2.05, 4.69) is 10.3 Å². The molecule has 0 aliphatic heterocycles. The summed E-state index contributed by atoms with van der Waals surface area (Å²) in [5, 5.41) is 3.50. The predicted molar refractivity (Wildman–Crippen MR) is 87.2 cm³/mol. The lowest BCUT2D eigenvalue weighted by atomic mass is 10.2. The zero-order chi connectivity index (χ0) is 15.2. The van der Waals surface area contributed by atoms with Gasteiger partial charge in [-0.15, -0.1) is 0 Å². The van der Waals surface area contributed by atoms with E-state index in [-0.39, 0.29) is 5.91 Å². The zero-order valence-electron chi connectivity index (χ0n) is 12.1. The average molecular weight is 304 g/mol. The molecule has 110 valence electrons. The van der Waals surface area contributed by atoms with Crippen LogP contribution in [0.1, 0.15) is 24.2 Å². The second kappa shape index (κ2) is 7.09. The molecule has 0 bridgehead atoms. The lowest BCUT2D eigenvalue weighted by Crippen LogP contribution is -2.30. The number of hydrogen-bond donors (Lipinski definition) is 1. The normalized spacial score (nSPS) is 10.2. The first kappa shape index (κ1) is 15.3. The summed E-state index contributed by atoms with van der Waals surface area (Å²) in [7, 11) is 0. The van der Waals surface area contributed by atoms with E-state index in [1.807, 2.05) is 44.2 Å². The van der Waals surface area contributed by atoms with Gasteiger partial charge >= 0.3 is 0 Å². The number of halogens is 1. The van der Waals surface area contributed by atoms with Gasteiger partial charge in [-0.05, 0) is 32.0 Å². The van der Waals surface area contributed by atoms with Gasteiger partial charge in [0.15, 0.2) is 0 Å². The first-order chi connectivity index (χ1) is 10.2. The predicted octanol–water partition coefficient (Wildman–Crippen LogP) is 3.83. The van der Waals surface area contributed by atoms with Gasteiger partial charge in [-0.1, -0.05) is 29.8 Å². The van der Waals surface area contributed by atoms with E-state index in [9.17, 15) is 4.79 Å². The fourth-order valence-corrected chi connectivity index (χ4v) is 2.29. The number of carbonyl (C=O) groups excluding carboxylic acids is 1. The van der Waals surface area contributed by atoms with Crippen LogP contribution < -0.4 is 10.2 Å². The maximum atomic E-state index is 12.6. The molecule has 21 heavy (non-hydrogen) atoms. The molecule has 0 fully saturated rings. The standard InChI is InChI=1S/C16H18ClN3O/c1-3-18-15-14(17)10-12(11-19-15)16(21)20(4-2)13-8-6-5-7-9-13/h5-11H,3-4H2,1-2H3,(H,18,19). The maximum Gasteiger partial charge on any atom is 0.259 e. The number of hydrogen-bond acceptors (Lipinski definition) is 3. The number of rotatable bonds is 5. The Kier molecular flexibility index (Phi) is 5.17. The number of nitrogens with one attached hydrogen (secondary N) is 1. The number of para-hydroxylation sites is 1. The second-order valence-corrected chi connectivity index (χ2v) is 4.88. The molecule has 0 aliphatic carbocycles. The molecule has 0 aliphatic rings. The van der Waals surface area contributed by atoms with Crippen molar-refractivity contribution in [2.24, 2.45) is 0 Å². The van der Waals surface area contributed by atoms with Crippen molar-refractivity contribution in [2.75, 3.05) is 23.3 Å². The first-order valence-electron chi connectivity index (χ1n) is 6.93. The molecule has 0 saturated carbocycles. The molecule has 1 aromatic heterocycles. The van der Waals surface area contributed by atoms with Gasteiger partial charge in [0.2, 0.25) is 0 Å². The number of aromatic nitrogens is 1. The van der Waals surface area contributed by atoms with E-state index in [1.165, 1.54) is 0 Å². The molecule has 1 heterocycles. The number of pyridine rings is 1. The number of amides is 1. The van der Waals surface area contributed by atoms with E-state index in [0.717, 1.165) is 12.2 Å². The van der Waals surface area contributed by atoms with Crippen LogP contribution in [-0.2, 0) is 0 Å². The zero-order valence-corrected chi connectivity index (χ0v) is 12.9. The minimum Gasteiger partial charge on any atom is -0.369 e. The number of carbonyl (C=O) groups is 1. The SMILES string of the molecule is CCNc1ncc(C(=O)N(CC)c2ccccc2)cc1Cl. The summed E-state index contributed by atoms with van der Waals surface area (Å²) in [6.45, 7) is 5.21. The van der Waals surface area contributed by atoms with Crippen LogP contribution in [0.4, 0.5) is 11.5 Å². The monoisotopic (exact) mass is 303 g/mol. The van der Waals surface area contributed by atoms with E-state index in [1.54, 1.807) is 17.2 Å². The van der Waals surface area contributed by atoms with Crippen LogP contribution in [-0.4, -0.2) is 24.0 Å². The molecule has 4 nitrogen and oxygen atoms in total. The van der Waals surface area contributed by atoms with Gasteiger partial charge in [-0.3, -0.25) is 4.79 Å². The number of nitrogens with zero attached hydrogens (tertiary/aromatic N) is 2. The Morgan fingerprint density at radius 3 is 2.57 bits per heavy atom. The van der Waals surface area contributed by atoms with Gasteiger partial charge in [0.25, 0.3) is 5.91 Å². The van der Waals surface area contributed by atoms with Crippen LogP contribution >= 0.6 is 11.6 Å². The molecular formula is C16H18ClN3O. The minimum atomic E-state index is -0.110. The van der Waals surface area contributed by atoms with Crippen LogP contribution in [0.15, 0.2) is 42.6 Å². The van der Waals surface area contributed by atoms with Gasteiger partial charge < -0.3 is 10.2 Å². The van der Waals surface area contributed by atoms with E-state index >= 15 is 0 Å². The maximum absolute atomic E-state index is 12.6. The lowest BCUT2D eigenvalue weighted by molar-refractivity contribution is 0.0988. The highest BCUT2D eigenvalue weighted by Crippen LogP contribution is 2.22. The molecule has 5 heteroatoms. The number of benzene rings is 1. The molecule has 1 amide bonds. The third-order valence-electron chi connectivity index (χ3n) is 3.06. The summed E-state index contributed by atoms with van der Waals surface area (Å²) < 4.78 is 0. The van der Waals surface area contributed by atoms with Crippen LogP contribution in [0.5, 0.6) is 0 Å². The van der Waals surface area contributed by atoms with Gasteiger partial charge in [0, 0.05) is 25.0 Å². The minimum absolute atomic E-state index is 0.110. The van der Waals surface area contributed by atoms with E-state index < -0.39 is 0 Å². The molecule has 2 rings (SSSR count). The first-order valence-corrected chi connectivity index (χ1v) is 7.31. The molecule has 1 aromatic carbocycles. The van der Waals surface area contributed by atoms with Crippen LogP contribution in [0.2, 0.25) is 5.02 Å². The van der Waals surface area contributed by atoms with Crippen LogP contribution in [0, 0.1) is 0 Å². The fraction of sp³-hybridized carbons (Fsp3) is 0.250. The molecule has 1 N–H and O–H groups in total. The van der Waals surface area contributed by atoms with Gasteiger partial charge in [-0.2, -0.15) is 0 Å². The van der Waals surface area contributed by atoms with E-state index in [4.69, 9.17) is 11.6 Å². The van der Waals surface area contributed by atoms with Crippen molar-refractivity contribution in [2.45, 2.75) is 13.8 Å². The Labute approximate surface area is 129 Å². The summed E-state index contributed by atoms with van der Waals surface area (Å²) in [6, 6.07) is 11.2. The Morgan fingerprint density at radius 2 is 2.00 bits per heavy atom. The smallest absolute Gasteiger partial charge is 0.259 e. The Bertz CT molecular complexity index is 616. The largest absolute Gasteiger partial charge is 0.369 e. The quantitative estimate of drug-likeness (QED) is 0.913. The third kappa shape index (κ3) is 3.52. The lowest BCUT2D eigenvalue weighted by Gasteiger charge is -2.21. The molecule has 0 unspecified atom stereocenters. The highest BCUT2D eigenvalue weighted by molar-refractivity contribution is 6.33. The van der Waals surface area contributed by atoms with Gasteiger partial charge in [-0.25, -0.2) is 4.98 Å². The summed E-state index contributed by atoms with van der Waals surface area (Å²) >= 11 is 6.15. The van der Waals surface area contributed by atoms with Crippen molar-refractivity contribution in [3.8, 4) is 0 Å². The molecule has 0 spiro atoms. The van der Waals surface area contributed by atoms with Crippen molar-refractivity contribution in [1.29, 1.82) is 0 Å². The molecule has 0 saturated heterocycles. The average Bonchev–Trinajstić information content (AvgIpc) is 2.51. The van der Waals surface area contributed by atoms with Crippen molar-refractivity contribution < 1.29 is 4.79 Å².